The van der Waals surface area contributed by atoms with Gasteiger partial charge in [0.1, 0.15) is 17.6 Å². The average molecular weight is 480 g/mol. The van der Waals surface area contributed by atoms with Crippen molar-refractivity contribution in [1.29, 1.82) is 0 Å². The first-order chi connectivity index (χ1) is 15.5. The Hall–Kier alpha value is -2.86. The van der Waals surface area contributed by atoms with E-state index in [1.165, 1.54) is 5.56 Å². The van der Waals surface area contributed by atoms with Crippen molar-refractivity contribution < 1.29 is 4.42 Å². The smallest absolute Gasteiger partial charge is 0.174 e. The van der Waals surface area contributed by atoms with Gasteiger partial charge in [0, 0.05) is 17.4 Å². The van der Waals surface area contributed by atoms with Crippen molar-refractivity contribution in [3.63, 3.8) is 0 Å². The van der Waals surface area contributed by atoms with Crippen molar-refractivity contribution in [2.24, 2.45) is 0 Å². The molecule has 3 heterocycles. The Bertz CT molecular complexity index is 1270. The summed E-state index contributed by atoms with van der Waals surface area (Å²) >= 11 is 18.1. The van der Waals surface area contributed by atoms with Crippen LogP contribution in [-0.2, 0) is 0 Å². The molecule has 2 aromatic heterocycles. The summed E-state index contributed by atoms with van der Waals surface area (Å²) in [5.74, 6) is 1.48. The van der Waals surface area contributed by atoms with Gasteiger partial charge in [-0.15, -0.1) is 0 Å². The van der Waals surface area contributed by atoms with Crippen LogP contribution in [0.15, 0.2) is 83.4 Å². The molecule has 1 saturated heterocycles. The molecule has 0 bridgehead atoms. The fourth-order valence-electron chi connectivity index (χ4n) is 3.94. The number of pyridine rings is 1. The molecule has 0 amide bonds. The van der Waals surface area contributed by atoms with Crippen LogP contribution in [0.3, 0.4) is 0 Å². The highest BCUT2D eigenvalue weighted by Crippen LogP contribution is 2.43. The van der Waals surface area contributed by atoms with Crippen LogP contribution >= 0.6 is 35.4 Å². The molecule has 160 valence electrons. The van der Waals surface area contributed by atoms with Gasteiger partial charge in [-0.25, -0.2) is 0 Å². The molecule has 4 aromatic rings. The van der Waals surface area contributed by atoms with Crippen LogP contribution in [0.5, 0.6) is 0 Å². The van der Waals surface area contributed by atoms with Gasteiger partial charge in [0.15, 0.2) is 5.11 Å². The van der Waals surface area contributed by atoms with Crippen molar-refractivity contribution in [1.82, 2.24) is 10.3 Å². The van der Waals surface area contributed by atoms with Gasteiger partial charge in [-0.05, 0) is 73.7 Å². The van der Waals surface area contributed by atoms with E-state index >= 15 is 0 Å². The van der Waals surface area contributed by atoms with Gasteiger partial charge in [0.25, 0.3) is 0 Å². The highest BCUT2D eigenvalue weighted by molar-refractivity contribution is 7.80. The normalized spacial score (nSPS) is 18.1. The standard InChI is InChI=1S/C25H19Cl2N3OS/c1-15-5-8-17(9-6-15)30-24(23(29-25(30)32)20-4-2-3-13-28-20)22-12-11-21(31-22)16-7-10-18(26)19(27)14-16/h2-14,23-24H,1H3,(H,29,32). The van der Waals surface area contributed by atoms with Gasteiger partial charge < -0.3 is 14.6 Å². The minimum Gasteiger partial charge on any atom is -0.459 e. The van der Waals surface area contributed by atoms with Crippen LogP contribution in [0.1, 0.15) is 29.1 Å². The minimum atomic E-state index is -0.211. The molecule has 1 aliphatic rings. The van der Waals surface area contributed by atoms with Gasteiger partial charge >= 0.3 is 0 Å². The van der Waals surface area contributed by atoms with Crippen molar-refractivity contribution in [2.45, 2.75) is 19.0 Å². The SMILES string of the molecule is Cc1ccc(N2C(=S)NC(c3ccccn3)C2c2ccc(-c3ccc(Cl)c(Cl)c3)o2)cc1. The molecule has 1 aliphatic heterocycles. The van der Waals surface area contributed by atoms with E-state index in [1.807, 2.05) is 36.4 Å². The number of rotatable bonds is 4. The molecule has 4 nitrogen and oxygen atoms in total. The van der Waals surface area contributed by atoms with Gasteiger partial charge in [-0.1, -0.05) is 47.0 Å². The lowest BCUT2D eigenvalue weighted by Crippen LogP contribution is -2.29. The number of hydrogen-bond donors (Lipinski definition) is 1. The third-order valence-electron chi connectivity index (χ3n) is 5.53. The molecule has 0 saturated carbocycles. The second kappa shape index (κ2) is 8.58. The zero-order valence-corrected chi connectivity index (χ0v) is 19.5. The summed E-state index contributed by atoms with van der Waals surface area (Å²) in [7, 11) is 0. The van der Waals surface area contributed by atoms with Crippen molar-refractivity contribution in [2.75, 3.05) is 4.90 Å². The fourth-order valence-corrected chi connectivity index (χ4v) is 4.59. The zero-order valence-electron chi connectivity index (χ0n) is 17.1. The van der Waals surface area contributed by atoms with E-state index in [0.29, 0.717) is 20.9 Å². The fraction of sp³-hybridized carbons (Fsp3) is 0.120. The zero-order chi connectivity index (χ0) is 22.2. The van der Waals surface area contributed by atoms with E-state index in [2.05, 4.69) is 46.4 Å². The number of aromatic nitrogens is 1. The predicted octanol–water partition coefficient (Wildman–Crippen LogP) is 7.13. The first kappa shape index (κ1) is 21.0. The molecule has 5 rings (SSSR count). The lowest BCUT2D eigenvalue weighted by molar-refractivity contribution is 0.439. The molecular formula is C25H19Cl2N3OS. The van der Waals surface area contributed by atoms with Crippen molar-refractivity contribution in [3.8, 4) is 11.3 Å². The topological polar surface area (TPSA) is 41.3 Å². The Kier molecular flexibility index (Phi) is 5.64. The lowest BCUT2D eigenvalue weighted by atomic mass is 10.0. The highest BCUT2D eigenvalue weighted by Gasteiger charge is 2.42. The Morgan fingerprint density at radius 1 is 0.969 bits per heavy atom. The van der Waals surface area contributed by atoms with Crippen LogP contribution < -0.4 is 10.2 Å². The summed E-state index contributed by atoms with van der Waals surface area (Å²) in [5, 5.41) is 5.06. The third kappa shape index (κ3) is 3.88. The van der Waals surface area contributed by atoms with E-state index in [9.17, 15) is 0 Å². The Morgan fingerprint density at radius 2 is 1.78 bits per heavy atom. The second-order valence-electron chi connectivity index (χ2n) is 7.66. The van der Waals surface area contributed by atoms with Crippen molar-refractivity contribution >= 4 is 46.2 Å². The number of nitrogens with one attached hydrogen (secondary N) is 1. The first-order valence-electron chi connectivity index (χ1n) is 10.1. The van der Waals surface area contributed by atoms with Crippen LogP contribution in [-0.4, -0.2) is 10.1 Å². The summed E-state index contributed by atoms with van der Waals surface area (Å²) in [6.45, 7) is 2.06. The van der Waals surface area contributed by atoms with E-state index in [4.69, 9.17) is 39.8 Å². The molecule has 7 heteroatoms. The minimum absolute atomic E-state index is 0.169. The van der Waals surface area contributed by atoms with Gasteiger partial charge in [-0.3, -0.25) is 4.98 Å². The molecule has 1 N–H and O–H groups in total. The van der Waals surface area contributed by atoms with Crippen LogP contribution in [0.25, 0.3) is 11.3 Å². The summed E-state index contributed by atoms with van der Waals surface area (Å²) in [4.78, 5) is 6.67. The maximum Gasteiger partial charge on any atom is 0.174 e. The second-order valence-corrected chi connectivity index (χ2v) is 8.86. The average Bonchev–Trinajstić information content (AvgIpc) is 3.41. The highest BCUT2D eigenvalue weighted by atomic mass is 35.5. The Morgan fingerprint density at radius 3 is 2.50 bits per heavy atom. The molecule has 1 fully saturated rings. The Labute approximate surface area is 201 Å². The maximum atomic E-state index is 6.35. The Balaban J connectivity index is 1.59. The predicted molar refractivity (Wildman–Crippen MR) is 133 cm³/mol. The molecule has 2 atom stereocenters. The van der Waals surface area contributed by atoms with Gasteiger partial charge in [0.05, 0.1) is 21.8 Å². The molecule has 0 radical (unpaired) electrons. The van der Waals surface area contributed by atoms with E-state index in [0.717, 1.165) is 22.7 Å². The molecule has 0 aliphatic carbocycles. The number of nitrogens with zero attached hydrogens (tertiary/aromatic N) is 2. The number of hydrogen-bond acceptors (Lipinski definition) is 3. The lowest BCUT2D eigenvalue weighted by Gasteiger charge is -2.26. The first-order valence-corrected chi connectivity index (χ1v) is 11.3. The molecular weight excluding hydrogens is 461 g/mol. The molecule has 32 heavy (non-hydrogen) atoms. The summed E-state index contributed by atoms with van der Waals surface area (Å²) in [6.07, 6.45) is 1.79. The van der Waals surface area contributed by atoms with E-state index in [1.54, 1.807) is 18.3 Å². The van der Waals surface area contributed by atoms with Crippen LogP contribution in [0.4, 0.5) is 5.69 Å². The van der Waals surface area contributed by atoms with Gasteiger partial charge in [-0.2, -0.15) is 0 Å². The van der Waals surface area contributed by atoms with Crippen LogP contribution in [0.2, 0.25) is 10.0 Å². The van der Waals surface area contributed by atoms with Crippen molar-refractivity contribution in [3.05, 3.63) is 106 Å². The third-order valence-corrected chi connectivity index (χ3v) is 6.59. The van der Waals surface area contributed by atoms with Crippen LogP contribution in [0, 0.1) is 6.92 Å². The molecule has 2 aromatic carbocycles. The monoisotopic (exact) mass is 479 g/mol. The number of furan rings is 1. The summed E-state index contributed by atoms with van der Waals surface area (Å²) in [6, 6.07) is 23.2. The van der Waals surface area contributed by atoms with Gasteiger partial charge in [0.2, 0.25) is 0 Å². The maximum absolute atomic E-state index is 6.35. The number of aryl methyl sites for hydroxylation is 1. The number of halogens is 2. The van der Waals surface area contributed by atoms with E-state index < -0.39 is 0 Å². The quantitative estimate of drug-likeness (QED) is 0.315. The summed E-state index contributed by atoms with van der Waals surface area (Å²) in [5.41, 5.74) is 3.92. The molecule has 0 spiro atoms. The number of benzene rings is 2. The number of thiocarbonyl (C=S) groups is 1. The number of anilines is 1. The molecule has 2 unspecified atom stereocenters. The summed E-state index contributed by atoms with van der Waals surface area (Å²) < 4.78 is 6.35. The largest absolute Gasteiger partial charge is 0.459 e. The van der Waals surface area contributed by atoms with E-state index in [-0.39, 0.29) is 12.1 Å².